The molecule has 2 atom stereocenters. The lowest BCUT2D eigenvalue weighted by atomic mass is 10.0. The highest BCUT2D eigenvalue weighted by atomic mass is 79.9. The second-order valence-corrected chi connectivity index (χ2v) is 7.75. The van der Waals surface area contributed by atoms with E-state index in [1.165, 1.54) is 11.1 Å². The number of aromatic nitrogens is 1. The van der Waals surface area contributed by atoms with E-state index in [0.717, 1.165) is 38.9 Å². The number of aryl methyl sites for hydroxylation is 1. The molecule has 0 bridgehead atoms. The summed E-state index contributed by atoms with van der Waals surface area (Å²) in [5.74, 6) is 1.03. The SMILES string of the molecule is Cc1cc(N[C@@H](C)c2ccc3c(c2)CC(C)O3)c2cc(Br)ccc2n1. The topological polar surface area (TPSA) is 34.1 Å². The monoisotopic (exact) mass is 396 g/mol. The van der Waals surface area contributed by atoms with Gasteiger partial charge in [-0.2, -0.15) is 0 Å². The lowest BCUT2D eigenvalue weighted by molar-refractivity contribution is 0.254. The maximum atomic E-state index is 5.81. The second kappa shape index (κ2) is 6.34. The standard InChI is InChI=1S/C21H21BrN2O/c1-12-8-20(18-11-17(22)5-6-19(18)23-12)24-14(3)15-4-7-21-16(10-15)9-13(2)25-21/h4-8,10-11,13-14H,9H2,1-3H3,(H,23,24)/t13?,14-/m0/s1. The lowest BCUT2D eigenvalue weighted by Gasteiger charge is -2.18. The summed E-state index contributed by atoms with van der Waals surface area (Å²) in [5.41, 5.74) is 5.71. The Morgan fingerprint density at radius 2 is 2.04 bits per heavy atom. The molecule has 3 aromatic rings. The fourth-order valence-electron chi connectivity index (χ4n) is 3.48. The molecular weight excluding hydrogens is 376 g/mol. The fraction of sp³-hybridized carbons (Fsp3) is 0.286. The van der Waals surface area contributed by atoms with Crippen LogP contribution in [-0.2, 0) is 6.42 Å². The Morgan fingerprint density at radius 1 is 1.20 bits per heavy atom. The average Bonchev–Trinajstić information content (AvgIpc) is 2.94. The third kappa shape index (κ3) is 3.23. The highest BCUT2D eigenvalue weighted by Gasteiger charge is 2.20. The van der Waals surface area contributed by atoms with Crippen molar-refractivity contribution in [3.05, 3.63) is 63.8 Å². The Bertz CT molecular complexity index is 954. The van der Waals surface area contributed by atoms with Crippen LogP contribution < -0.4 is 10.1 Å². The summed E-state index contributed by atoms with van der Waals surface area (Å²) in [5, 5.41) is 4.80. The Hall–Kier alpha value is -2.07. The maximum Gasteiger partial charge on any atom is 0.123 e. The van der Waals surface area contributed by atoms with Crippen molar-refractivity contribution < 1.29 is 4.74 Å². The molecule has 0 radical (unpaired) electrons. The molecular formula is C21H21BrN2O. The number of halogens is 1. The summed E-state index contributed by atoms with van der Waals surface area (Å²) < 4.78 is 6.87. The van der Waals surface area contributed by atoms with Crippen LogP contribution in [0.2, 0.25) is 0 Å². The van der Waals surface area contributed by atoms with Gasteiger partial charge in [-0.3, -0.25) is 4.98 Å². The van der Waals surface area contributed by atoms with Crippen molar-refractivity contribution in [3.8, 4) is 5.75 Å². The van der Waals surface area contributed by atoms with Gasteiger partial charge in [0.2, 0.25) is 0 Å². The molecule has 1 N–H and O–H groups in total. The largest absolute Gasteiger partial charge is 0.490 e. The average molecular weight is 397 g/mol. The molecule has 128 valence electrons. The van der Waals surface area contributed by atoms with Gasteiger partial charge >= 0.3 is 0 Å². The zero-order valence-corrected chi connectivity index (χ0v) is 16.2. The smallest absolute Gasteiger partial charge is 0.123 e. The fourth-order valence-corrected chi connectivity index (χ4v) is 3.84. The maximum absolute atomic E-state index is 5.81. The van der Waals surface area contributed by atoms with Gasteiger partial charge in [-0.1, -0.05) is 22.0 Å². The summed E-state index contributed by atoms with van der Waals surface area (Å²) in [6, 6.07) is 15.0. The van der Waals surface area contributed by atoms with Crippen molar-refractivity contribution >= 4 is 32.5 Å². The van der Waals surface area contributed by atoms with Crippen molar-refractivity contribution in [3.63, 3.8) is 0 Å². The summed E-state index contributed by atoms with van der Waals surface area (Å²) in [4.78, 5) is 4.64. The molecule has 2 aromatic carbocycles. The summed E-state index contributed by atoms with van der Waals surface area (Å²) in [6.45, 7) is 6.34. The molecule has 0 saturated heterocycles. The van der Waals surface area contributed by atoms with Crippen LogP contribution in [0.1, 0.15) is 36.7 Å². The Morgan fingerprint density at radius 3 is 2.88 bits per heavy atom. The van der Waals surface area contributed by atoms with E-state index in [2.05, 4.69) is 76.5 Å². The number of benzene rings is 2. The number of pyridine rings is 1. The van der Waals surface area contributed by atoms with E-state index in [9.17, 15) is 0 Å². The van der Waals surface area contributed by atoms with Crippen LogP contribution in [0.25, 0.3) is 10.9 Å². The molecule has 0 spiro atoms. The number of hydrogen-bond donors (Lipinski definition) is 1. The molecule has 0 amide bonds. The zero-order valence-electron chi connectivity index (χ0n) is 14.6. The molecule has 25 heavy (non-hydrogen) atoms. The molecule has 1 aliphatic heterocycles. The third-order valence-corrected chi connectivity index (χ3v) is 5.18. The minimum Gasteiger partial charge on any atom is -0.490 e. The normalized spacial score (nSPS) is 17.2. The molecule has 1 aliphatic rings. The van der Waals surface area contributed by atoms with Crippen molar-refractivity contribution in [2.24, 2.45) is 0 Å². The van der Waals surface area contributed by atoms with Gasteiger partial charge in [0.25, 0.3) is 0 Å². The van der Waals surface area contributed by atoms with Gasteiger partial charge in [-0.15, -0.1) is 0 Å². The van der Waals surface area contributed by atoms with Crippen LogP contribution in [0.3, 0.4) is 0 Å². The number of rotatable bonds is 3. The lowest BCUT2D eigenvalue weighted by Crippen LogP contribution is -2.08. The van der Waals surface area contributed by atoms with Crippen molar-refractivity contribution in [1.29, 1.82) is 0 Å². The highest BCUT2D eigenvalue weighted by molar-refractivity contribution is 9.10. The predicted molar refractivity (Wildman–Crippen MR) is 106 cm³/mol. The highest BCUT2D eigenvalue weighted by Crippen LogP contribution is 2.33. The van der Waals surface area contributed by atoms with Crippen LogP contribution in [0, 0.1) is 6.92 Å². The molecule has 0 saturated carbocycles. The van der Waals surface area contributed by atoms with Crippen molar-refractivity contribution in [2.75, 3.05) is 5.32 Å². The summed E-state index contributed by atoms with van der Waals surface area (Å²) in [6.07, 6.45) is 1.26. The van der Waals surface area contributed by atoms with E-state index in [0.29, 0.717) is 0 Å². The van der Waals surface area contributed by atoms with E-state index in [1.807, 2.05) is 13.0 Å². The number of nitrogens with zero attached hydrogens (tertiary/aromatic N) is 1. The van der Waals surface area contributed by atoms with Crippen molar-refractivity contribution in [2.45, 2.75) is 39.3 Å². The number of fused-ring (bicyclic) bond motifs is 2. The van der Waals surface area contributed by atoms with Gasteiger partial charge in [0, 0.05) is 33.7 Å². The number of anilines is 1. The van der Waals surface area contributed by atoms with E-state index in [4.69, 9.17) is 4.74 Å². The molecule has 2 heterocycles. The van der Waals surface area contributed by atoms with Crippen LogP contribution in [0.15, 0.2) is 46.9 Å². The van der Waals surface area contributed by atoms with Crippen LogP contribution >= 0.6 is 15.9 Å². The number of ether oxygens (including phenoxy) is 1. The minimum absolute atomic E-state index is 0.199. The van der Waals surface area contributed by atoms with Gasteiger partial charge in [0.1, 0.15) is 11.9 Å². The number of nitrogens with one attached hydrogen (secondary N) is 1. The Balaban J connectivity index is 1.67. The molecule has 4 heteroatoms. The van der Waals surface area contributed by atoms with Gasteiger partial charge in [0.05, 0.1) is 5.52 Å². The first-order valence-corrected chi connectivity index (χ1v) is 9.42. The van der Waals surface area contributed by atoms with Gasteiger partial charge in [-0.25, -0.2) is 0 Å². The van der Waals surface area contributed by atoms with Gasteiger partial charge in [-0.05, 0) is 68.3 Å². The van der Waals surface area contributed by atoms with Crippen molar-refractivity contribution in [1.82, 2.24) is 4.98 Å². The Labute approximate surface area is 156 Å². The second-order valence-electron chi connectivity index (χ2n) is 6.84. The van der Waals surface area contributed by atoms with Gasteiger partial charge < -0.3 is 10.1 Å². The quantitative estimate of drug-likeness (QED) is 0.606. The van der Waals surface area contributed by atoms with Crippen LogP contribution in [-0.4, -0.2) is 11.1 Å². The van der Waals surface area contributed by atoms with Crippen LogP contribution in [0.5, 0.6) is 5.75 Å². The molecule has 3 nitrogen and oxygen atoms in total. The minimum atomic E-state index is 0.199. The van der Waals surface area contributed by atoms with E-state index < -0.39 is 0 Å². The first-order valence-electron chi connectivity index (χ1n) is 8.62. The van der Waals surface area contributed by atoms with E-state index in [-0.39, 0.29) is 12.1 Å². The molecule has 0 aliphatic carbocycles. The predicted octanol–water partition coefficient (Wildman–Crippen LogP) is 5.80. The third-order valence-electron chi connectivity index (χ3n) is 4.69. The number of hydrogen-bond acceptors (Lipinski definition) is 3. The van der Waals surface area contributed by atoms with Gasteiger partial charge in [0.15, 0.2) is 0 Å². The first kappa shape index (κ1) is 16.4. The van der Waals surface area contributed by atoms with Crippen LogP contribution in [0.4, 0.5) is 5.69 Å². The summed E-state index contributed by atoms with van der Waals surface area (Å²) >= 11 is 3.57. The van der Waals surface area contributed by atoms with E-state index in [1.54, 1.807) is 0 Å². The molecule has 1 aromatic heterocycles. The van der Waals surface area contributed by atoms with E-state index >= 15 is 0 Å². The zero-order chi connectivity index (χ0) is 17.6. The molecule has 4 rings (SSSR count). The Kier molecular flexibility index (Phi) is 4.16. The summed E-state index contributed by atoms with van der Waals surface area (Å²) in [7, 11) is 0. The molecule has 1 unspecified atom stereocenters. The first-order chi connectivity index (χ1) is 12.0. The molecule has 0 fully saturated rings.